The molecule has 1 rings (SSSR count). The van der Waals surface area contributed by atoms with Crippen LogP contribution >= 0.6 is 0 Å². The smallest absolute Gasteiger partial charge is 0.161 e. The van der Waals surface area contributed by atoms with Crippen LogP contribution in [0.4, 0.5) is 0 Å². The minimum absolute atomic E-state index is 0.00208. The monoisotopic (exact) mass is 195 g/mol. The predicted octanol–water partition coefficient (Wildman–Crippen LogP) is 1.99. The van der Waals surface area contributed by atoms with Gasteiger partial charge in [-0.25, -0.2) is 0 Å². The van der Waals surface area contributed by atoms with E-state index >= 15 is 0 Å². The van der Waals surface area contributed by atoms with Crippen LogP contribution in [0, 0.1) is 0 Å². The second-order valence-corrected chi connectivity index (χ2v) is 4.39. The first-order valence-corrected chi connectivity index (χ1v) is 4.65. The Morgan fingerprint density at radius 2 is 1.86 bits per heavy atom. The van der Waals surface area contributed by atoms with Gasteiger partial charge in [0, 0.05) is 17.6 Å². The van der Waals surface area contributed by atoms with Gasteiger partial charge in [-0.05, 0) is 26.8 Å². The van der Waals surface area contributed by atoms with E-state index < -0.39 is 0 Å². The van der Waals surface area contributed by atoms with Gasteiger partial charge in [-0.3, -0.25) is 0 Å². The van der Waals surface area contributed by atoms with Crippen molar-refractivity contribution in [1.29, 1.82) is 0 Å². The second kappa shape index (κ2) is 3.88. The zero-order valence-corrected chi connectivity index (χ0v) is 8.83. The maximum atomic E-state index is 9.50. The average molecular weight is 195 g/mol. The van der Waals surface area contributed by atoms with Crippen LogP contribution in [0.15, 0.2) is 18.2 Å². The number of para-hydroxylation sites is 1. The number of hydrogen-bond donors (Lipinski definition) is 3. The highest BCUT2D eigenvalue weighted by Crippen LogP contribution is 2.28. The summed E-state index contributed by atoms with van der Waals surface area (Å²) in [7, 11) is 0. The van der Waals surface area contributed by atoms with Crippen LogP contribution in [0.5, 0.6) is 11.5 Å². The van der Waals surface area contributed by atoms with E-state index in [9.17, 15) is 10.2 Å². The van der Waals surface area contributed by atoms with Crippen LogP contribution < -0.4 is 5.32 Å². The third-order valence-corrected chi connectivity index (χ3v) is 1.91. The Balaban J connectivity index is 2.73. The molecule has 0 saturated heterocycles. The van der Waals surface area contributed by atoms with Gasteiger partial charge in [-0.1, -0.05) is 12.1 Å². The molecule has 0 aliphatic carbocycles. The zero-order chi connectivity index (χ0) is 10.8. The summed E-state index contributed by atoms with van der Waals surface area (Å²) in [5.41, 5.74) is 0.706. The second-order valence-electron chi connectivity index (χ2n) is 4.39. The molecule has 1 aromatic rings. The fourth-order valence-electron chi connectivity index (χ4n) is 1.08. The third-order valence-electron chi connectivity index (χ3n) is 1.91. The lowest BCUT2D eigenvalue weighted by Crippen LogP contribution is -2.35. The topological polar surface area (TPSA) is 52.5 Å². The van der Waals surface area contributed by atoms with Crippen molar-refractivity contribution in [3.63, 3.8) is 0 Å². The van der Waals surface area contributed by atoms with E-state index in [1.165, 1.54) is 6.07 Å². The molecule has 3 N–H and O–H groups in total. The van der Waals surface area contributed by atoms with Crippen molar-refractivity contribution in [2.24, 2.45) is 0 Å². The molecular weight excluding hydrogens is 178 g/mol. The fraction of sp³-hybridized carbons (Fsp3) is 0.455. The molecule has 0 spiro atoms. The van der Waals surface area contributed by atoms with Gasteiger partial charge in [0.15, 0.2) is 11.5 Å². The lowest BCUT2D eigenvalue weighted by Gasteiger charge is -2.20. The van der Waals surface area contributed by atoms with Gasteiger partial charge in [-0.15, -0.1) is 0 Å². The molecular formula is C11H17NO2. The molecule has 0 heterocycles. The first-order chi connectivity index (χ1) is 6.40. The van der Waals surface area contributed by atoms with Crippen LogP contribution in [0.3, 0.4) is 0 Å². The number of hydrogen-bond acceptors (Lipinski definition) is 3. The van der Waals surface area contributed by atoms with Gasteiger partial charge in [0.05, 0.1) is 0 Å². The van der Waals surface area contributed by atoms with E-state index in [1.807, 2.05) is 20.8 Å². The average Bonchev–Trinajstić information content (AvgIpc) is 2.06. The highest BCUT2D eigenvalue weighted by atomic mass is 16.3. The number of phenolic OH excluding ortho intramolecular Hbond substituents is 2. The van der Waals surface area contributed by atoms with Crippen LogP contribution in [0.2, 0.25) is 0 Å². The van der Waals surface area contributed by atoms with Crippen LogP contribution in [-0.2, 0) is 6.54 Å². The summed E-state index contributed by atoms with van der Waals surface area (Å²) >= 11 is 0. The van der Waals surface area contributed by atoms with Crippen molar-refractivity contribution in [3.8, 4) is 11.5 Å². The molecule has 0 atom stereocenters. The molecule has 78 valence electrons. The third kappa shape index (κ3) is 2.92. The number of phenols is 2. The molecule has 14 heavy (non-hydrogen) atoms. The first-order valence-electron chi connectivity index (χ1n) is 4.65. The van der Waals surface area contributed by atoms with Crippen molar-refractivity contribution in [3.05, 3.63) is 23.8 Å². The Morgan fingerprint density at radius 1 is 1.21 bits per heavy atom. The Kier molecular flexibility index (Phi) is 3.01. The van der Waals surface area contributed by atoms with E-state index in [0.29, 0.717) is 12.1 Å². The molecule has 0 saturated carbocycles. The Morgan fingerprint density at radius 3 is 2.43 bits per heavy atom. The van der Waals surface area contributed by atoms with Crippen LogP contribution in [0.1, 0.15) is 26.3 Å². The molecule has 1 aromatic carbocycles. The number of aromatic hydroxyl groups is 2. The summed E-state index contributed by atoms with van der Waals surface area (Å²) in [5.74, 6) is -0.109. The van der Waals surface area contributed by atoms with Crippen molar-refractivity contribution >= 4 is 0 Å². The van der Waals surface area contributed by atoms with Crippen molar-refractivity contribution in [1.82, 2.24) is 5.32 Å². The molecule has 3 nitrogen and oxygen atoms in total. The molecule has 3 heteroatoms. The fourth-order valence-corrected chi connectivity index (χ4v) is 1.08. The normalized spacial score (nSPS) is 11.6. The van der Waals surface area contributed by atoms with Crippen LogP contribution in [0.25, 0.3) is 0 Å². The highest BCUT2D eigenvalue weighted by molar-refractivity contribution is 5.44. The van der Waals surface area contributed by atoms with Gasteiger partial charge in [-0.2, -0.15) is 0 Å². The molecule has 0 radical (unpaired) electrons. The lowest BCUT2D eigenvalue weighted by atomic mass is 10.1. The maximum Gasteiger partial charge on any atom is 0.161 e. The van der Waals surface area contributed by atoms with E-state index in [2.05, 4.69) is 5.32 Å². The van der Waals surface area contributed by atoms with Crippen molar-refractivity contribution in [2.45, 2.75) is 32.9 Å². The minimum atomic E-state index is -0.0711. The Bertz CT molecular complexity index is 316. The van der Waals surface area contributed by atoms with Gasteiger partial charge in [0.1, 0.15) is 0 Å². The SMILES string of the molecule is CC(C)(C)NCc1cccc(O)c1O. The van der Waals surface area contributed by atoms with Crippen molar-refractivity contribution in [2.75, 3.05) is 0 Å². The summed E-state index contributed by atoms with van der Waals surface area (Å²) in [6.07, 6.45) is 0. The first kappa shape index (κ1) is 10.9. The number of benzene rings is 1. The predicted molar refractivity (Wildman–Crippen MR) is 56.4 cm³/mol. The highest BCUT2D eigenvalue weighted by Gasteiger charge is 2.11. The quantitative estimate of drug-likeness (QED) is 0.632. The van der Waals surface area contributed by atoms with Crippen molar-refractivity contribution < 1.29 is 10.2 Å². The van der Waals surface area contributed by atoms with Crippen LogP contribution in [-0.4, -0.2) is 15.8 Å². The minimum Gasteiger partial charge on any atom is -0.504 e. The number of rotatable bonds is 2. The summed E-state index contributed by atoms with van der Waals surface area (Å²) in [5, 5.41) is 22.0. The maximum absolute atomic E-state index is 9.50. The summed E-state index contributed by atoms with van der Waals surface area (Å²) in [6.45, 7) is 6.69. The lowest BCUT2D eigenvalue weighted by molar-refractivity contribution is 0.386. The molecule has 0 amide bonds. The van der Waals surface area contributed by atoms with Gasteiger partial charge < -0.3 is 15.5 Å². The standard InChI is InChI=1S/C11H17NO2/c1-11(2,3)12-7-8-5-4-6-9(13)10(8)14/h4-6,12-14H,7H2,1-3H3. The molecule has 0 unspecified atom stereocenters. The largest absolute Gasteiger partial charge is 0.504 e. The van der Waals surface area contributed by atoms with E-state index in [0.717, 1.165) is 0 Å². The van der Waals surface area contributed by atoms with Gasteiger partial charge in [0.25, 0.3) is 0 Å². The molecule has 0 aliphatic heterocycles. The summed E-state index contributed by atoms with van der Waals surface area (Å²) in [6, 6.07) is 4.97. The van der Waals surface area contributed by atoms with E-state index in [4.69, 9.17) is 0 Å². The molecule has 0 aliphatic rings. The van der Waals surface area contributed by atoms with Gasteiger partial charge >= 0.3 is 0 Å². The molecule has 0 bridgehead atoms. The number of nitrogens with one attached hydrogen (secondary N) is 1. The van der Waals surface area contributed by atoms with E-state index in [1.54, 1.807) is 12.1 Å². The summed E-state index contributed by atoms with van der Waals surface area (Å²) < 4.78 is 0. The zero-order valence-electron chi connectivity index (χ0n) is 8.83. The van der Waals surface area contributed by atoms with E-state index in [-0.39, 0.29) is 17.0 Å². The molecule has 0 fully saturated rings. The summed E-state index contributed by atoms with van der Waals surface area (Å²) in [4.78, 5) is 0. The van der Waals surface area contributed by atoms with Gasteiger partial charge in [0.2, 0.25) is 0 Å². The molecule has 0 aromatic heterocycles. The Labute approximate surface area is 84.4 Å². The Hall–Kier alpha value is -1.22.